The van der Waals surface area contributed by atoms with E-state index in [4.69, 9.17) is 0 Å². The third kappa shape index (κ3) is 1.78. The molecule has 2 aliphatic heterocycles. The lowest BCUT2D eigenvalue weighted by Crippen LogP contribution is -2.40. The van der Waals surface area contributed by atoms with Crippen LogP contribution in [0.25, 0.3) is 0 Å². The van der Waals surface area contributed by atoms with Gasteiger partial charge in [0.25, 0.3) is 0 Å². The van der Waals surface area contributed by atoms with E-state index in [9.17, 15) is 13.6 Å². The van der Waals surface area contributed by atoms with E-state index in [1.807, 2.05) is 0 Å². The van der Waals surface area contributed by atoms with Crippen LogP contribution in [0.5, 0.6) is 0 Å². The normalized spacial score (nSPS) is 27.4. The quantitative estimate of drug-likeness (QED) is 0.720. The Morgan fingerprint density at radius 1 is 1.22 bits per heavy atom. The van der Waals surface area contributed by atoms with E-state index in [1.54, 1.807) is 4.90 Å². The number of nitrogens with zero attached hydrogens (tertiary/aromatic N) is 2. The number of carbonyl (C=O) groups excluding carboxylic acids is 1. The van der Waals surface area contributed by atoms with Gasteiger partial charge in [0.1, 0.15) is 0 Å². The van der Waals surface area contributed by atoms with Gasteiger partial charge in [-0.05, 0) is 37.8 Å². The van der Waals surface area contributed by atoms with Gasteiger partial charge in [0.15, 0.2) is 0 Å². The van der Waals surface area contributed by atoms with E-state index >= 15 is 0 Å². The molecule has 1 aromatic heterocycles. The number of aromatic nitrogens is 1. The molecule has 0 aliphatic carbocycles. The summed E-state index contributed by atoms with van der Waals surface area (Å²) in [5, 5.41) is 0. The monoisotopic (exact) mass is 252 g/mol. The van der Waals surface area contributed by atoms with E-state index < -0.39 is 11.9 Å². The zero-order chi connectivity index (χ0) is 12.7. The maximum atomic E-state index is 13.7. The van der Waals surface area contributed by atoms with Crippen LogP contribution in [0.3, 0.4) is 0 Å². The predicted molar refractivity (Wildman–Crippen MR) is 60.6 cm³/mol. The molecule has 0 N–H and O–H groups in total. The molecular weight excluding hydrogens is 238 g/mol. The van der Waals surface area contributed by atoms with Crippen molar-refractivity contribution in [1.82, 2.24) is 9.88 Å². The van der Waals surface area contributed by atoms with Crippen LogP contribution in [0, 0.1) is 11.9 Å². The molecule has 2 aliphatic rings. The van der Waals surface area contributed by atoms with Gasteiger partial charge in [-0.1, -0.05) is 0 Å². The third-order valence-electron chi connectivity index (χ3n) is 3.92. The summed E-state index contributed by atoms with van der Waals surface area (Å²) in [6, 6.07) is 2.52. The van der Waals surface area contributed by atoms with Crippen LogP contribution in [0.15, 0.2) is 12.1 Å². The largest absolute Gasteiger partial charge is 0.333 e. The number of rotatable bonds is 1. The highest BCUT2D eigenvalue weighted by Crippen LogP contribution is 2.41. The highest BCUT2D eigenvalue weighted by molar-refractivity contribution is 5.78. The zero-order valence-electron chi connectivity index (χ0n) is 9.90. The van der Waals surface area contributed by atoms with Gasteiger partial charge < -0.3 is 4.90 Å². The van der Waals surface area contributed by atoms with Crippen LogP contribution < -0.4 is 0 Å². The number of carbonyl (C=O) groups is 1. The van der Waals surface area contributed by atoms with Gasteiger partial charge in [0.2, 0.25) is 17.8 Å². The molecule has 3 nitrogen and oxygen atoms in total. The Kier molecular flexibility index (Phi) is 2.76. The molecule has 18 heavy (non-hydrogen) atoms. The number of hydrogen-bond acceptors (Lipinski definition) is 2. The van der Waals surface area contributed by atoms with Gasteiger partial charge in [0, 0.05) is 18.0 Å². The van der Waals surface area contributed by atoms with Crippen molar-refractivity contribution in [3.8, 4) is 0 Å². The van der Waals surface area contributed by atoms with Crippen molar-refractivity contribution >= 4 is 5.91 Å². The fourth-order valence-electron chi connectivity index (χ4n) is 3.14. The highest BCUT2D eigenvalue weighted by atomic mass is 19.1. The van der Waals surface area contributed by atoms with Crippen LogP contribution in [0.1, 0.15) is 43.7 Å². The molecule has 96 valence electrons. The van der Waals surface area contributed by atoms with Crippen molar-refractivity contribution in [3.63, 3.8) is 0 Å². The second-order valence-corrected chi connectivity index (χ2v) is 4.95. The number of fused-ring (bicyclic) bond motifs is 1. The Morgan fingerprint density at radius 2 is 2.06 bits per heavy atom. The molecule has 3 heterocycles. The SMILES string of the molecule is O=C1CCC[C@H]2CC[C@@H](c3ccc(F)nc3F)N12. The number of pyridine rings is 1. The van der Waals surface area contributed by atoms with Gasteiger partial charge in [-0.2, -0.15) is 13.8 Å². The first-order chi connectivity index (χ1) is 8.66. The summed E-state index contributed by atoms with van der Waals surface area (Å²) in [4.78, 5) is 16.9. The van der Waals surface area contributed by atoms with Gasteiger partial charge >= 0.3 is 0 Å². The average molecular weight is 252 g/mol. The van der Waals surface area contributed by atoms with E-state index in [1.165, 1.54) is 6.07 Å². The molecule has 0 radical (unpaired) electrons. The Hall–Kier alpha value is -1.52. The number of amides is 1. The topological polar surface area (TPSA) is 33.2 Å². The Balaban J connectivity index is 1.94. The number of halogens is 2. The Bertz CT molecular complexity index is 492. The van der Waals surface area contributed by atoms with E-state index in [-0.39, 0.29) is 18.0 Å². The van der Waals surface area contributed by atoms with Crippen LogP contribution in [-0.4, -0.2) is 21.8 Å². The molecule has 0 bridgehead atoms. The minimum atomic E-state index is -0.823. The second kappa shape index (κ2) is 4.30. The van der Waals surface area contributed by atoms with Crippen molar-refractivity contribution in [2.24, 2.45) is 0 Å². The molecule has 1 amide bonds. The van der Waals surface area contributed by atoms with Gasteiger partial charge in [-0.3, -0.25) is 4.79 Å². The standard InChI is InChI=1S/C13H14F2N2O/c14-11-7-5-9(13(15)16-11)10-6-4-8-2-1-3-12(18)17(8)10/h5,7-8,10H,1-4,6H2/t8-,10-/m0/s1. The number of piperidine rings is 1. The van der Waals surface area contributed by atoms with Gasteiger partial charge in [0.05, 0.1) is 6.04 Å². The molecule has 2 atom stereocenters. The van der Waals surface area contributed by atoms with Crippen molar-refractivity contribution in [2.45, 2.75) is 44.2 Å². The number of hydrogen-bond donors (Lipinski definition) is 0. The van der Waals surface area contributed by atoms with Crippen molar-refractivity contribution < 1.29 is 13.6 Å². The van der Waals surface area contributed by atoms with E-state index in [0.29, 0.717) is 12.0 Å². The smallest absolute Gasteiger partial charge is 0.223 e. The summed E-state index contributed by atoms with van der Waals surface area (Å²) >= 11 is 0. The first kappa shape index (κ1) is 11.6. The molecule has 2 saturated heterocycles. The van der Waals surface area contributed by atoms with Gasteiger partial charge in [-0.15, -0.1) is 0 Å². The summed E-state index contributed by atoms with van der Waals surface area (Å²) in [5.74, 6) is -1.53. The van der Waals surface area contributed by atoms with Gasteiger partial charge in [-0.25, -0.2) is 0 Å². The lowest BCUT2D eigenvalue weighted by atomic mass is 10.0. The summed E-state index contributed by atoms with van der Waals surface area (Å²) < 4.78 is 26.5. The maximum absolute atomic E-state index is 13.7. The van der Waals surface area contributed by atoms with Crippen molar-refractivity contribution in [3.05, 3.63) is 29.6 Å². The molecule has 0 saturated carbocycles. The summed E-state index contributed by atoms with van der Waals surface area (Å²) in [7, 11) is 0. The molecule has 0 unspecified atom stereocenters. The van der Waals surface area contributed by atoms with E-state index in [0.717, 1.165) is 31.7 Å². The lowest BCUT2D eigenvalue weighted by Gasteiger charge is -2.34. The Labute approximate surface area is 104 Å². The molecule has 3 rings (SSSR count). The average Bonchev–Trinajstić information content (AvgIpc) is 2.74. The lowest BCUT2D eigenvalue weighted by molar-refractivity contribution is -0.136. The Morgan fingerprint density at radius 3 is 2.83 bits per heavy atom. The van der Waals surface area contributed by atoms with Crippen LogP contribution in [0.2, 0.25) is 0 Å². The third-order valence-corrected chi connectivity index (χ3v) is 3.92. The molecule has 0 aromatic carbocycles. The fraction of sp³-hybridized carbons (Fsp3) is 0.538. The molecule has 5 heteroatoms. The van der Waals surface area contributed by atoms with Crippen molar-refractivity contribution in [2.75, 3.05) is 0 Å². The predicted octanol–water partition coefficient (Wildman–Crippen LogP) is 2.58. The van der Waals surface area contributed by atoms with Crippen LogP contribution >= 0.6 is 0 Å². The second-order valence-electron chi connectivity index (χ2n) is 4.95. The minimum Gasteiger partial charge on any atom is -0.333 e. The van der Waals surface area contributed by atoms with Crippen LogP contribution in [-0.2, 0) is 4.79 Å². The molecule has 2 fully saturated rings. The molecular formula is C13H14F2N2O. The fourth-order valence-corrected chi connectivity index (χ4v) is 3.14. The van der Waals surface area contributed by atoms with E-state index in [2.05, 4.69) is 4.98 Å². The first-order valence-corrected chi connectivity index (χ1v) is 6.30. The van der Waals surface area contributed by atoms with Crippen molar-refractivity contribution in [1.29, 1.82) is 0 Å². The zero-order valence-corrected chi connectivity index (χ0v) is 9.90. The minimum absolute atomic E-state index is 0.0810. The van der Waals surface area contributed by atoms with Crippen LogP contribution in [0.4, 0.5) is 8.78 Å². The summed E-state index contributed by atoms with van der Waals surface area (Å²) in [6.45, 7) is 0. The molecule has 0 spiro atoms. The summed E-state index contributed by atoms with van der Waals surface area (Å²) in [6.07, 6.45) is 4.06. The molecule has 1 aromatic rings. The maximum Gasteiger partial charge on any atom is 0.223 e. The highest BCUT2D eigenvalue weighted by Gasteiger charge is 2.40. The summed E-state index contributed by atoms with van der Waals surface area (Å²) in [5.41, 5.74) is 0.342. The first-order valence-electron chi connectivity index (χ1n) is 6.30.